The molecule has 0 fully saturated rings. The van der Waals surface area contributed by atoms with Crippen LogP contribution in [-0.4, -0.2) is 45.3 Å². The van der Waals surface area contributed by atoms with Crippen molar-refractivity contribution in [1.29, 1.82) is 0 Å². The molecule has 0 spiro atoms. The zero-order valence-corrected chi connectivity index (χ0v) is 19.5. The third-order valence-electron chi connectivity index (χ3n) is 6.01. The summed E-state index contributed by atoms with van der Waals surface area (Å²) in [6, 6.07) is 31.8. The van der Waals surface area contributed by atoms with Crippen molar-refractivity contribution in [3.05, 3.63) is 97.1 Å². The third-order valence-corrected chi connectivity index (χ3v) is 6.01. The molecular weight excluding hydrogens is 464 g/mol. The first kappa shape index (κ1) is 22.2. The second kappa shape index (κ2) is 9.06. The first-order valence-corrected chi connectivity index (χ1v) is 11.6. The molecule has 0 saturated carbocycles. The fourth-order valence-electron chi connectivity index (χ4n) is 4.26. The van der Waals surface area contributed by atoms with E-state index in [-0.39, 0.29) is 5.48 Å². The molecule has 9 heteroatoms. The van der Waals surface area contributed by atoms with Crippen LogP contribution in [0.25, 0.3) is 67.4 Å². The van der Waals surface area contributed by atoms with E-state index in [0.717, 1.165) is 67.4 Å². The van der Waals surface area contributed by atoms with Gasteiger partial charge in [0.1, 0.15) is 0 Å². The second-order valence-electron chi connectivity index (χ2n) is 8.41. The van der Waals surface area contributed by atoms with Crippen LogP contribution >= 0.6 is 0 Å². The van der Waals surface area contributed by atoms with E-state index >= 15 is 0 Å². The van der Waals surface area contributed by atoms with E-state index in [1.165, 1.54) is 0 Å². The predicted molar refractivity (Wildman–Crippen MR) is 146 cm³/mol. The smallest absolute Gasteiger partial charge is 0.174 e. The van der Waals surface area contributed by atoms with E-state index in [2.05, 4.69) is 39.9 Å². The van der Waals surface area contributed by atoms with Crippen molar-refractivity contribution < 1.29 is 5.48 Å². The van der Waals surface area contributed by atoms with Crippen molar-refractivity contribution in [2.45, 2.75) is 0 Å². The van der Waals surface area contributed by atoms with Gasteiger partial charge in [0.15, 0.2) is 23.3 Å². The molecule has 9 nitrogen and oxygen atoms in total. The molecule has 0 atom stereocenters. The van der Waals surface area contributed by atoms with Crippen molar-refractivity contribution in [2.24, 2.45) is 0 Å². The van der Waals surface area contributed by atoms with Crippen LogP contribution in [0.2, 0.25) is 0 Å². The van der Waals surface area contributed by atoms with Gasteiger partial charge in [-0.1, -0.05) is 48.5 Å². The van der Waals surface area contributed by atoms with Gasteiger partial charge in [0.25, 0.3) is 0 Å². The van der Waals surface area contributed by atoms with Crippen LogP contribution in [0.5, 0.6) is 0 Å². The summed E-state index contributed by atoms with van der Waals surface area (Å²) >= 11 is 0. The van der Waals surface area contributed by atoms with E-state index < -0.39 is 0 Å². The number of aromatic amines is 4. The Balaban J connectivity index is 0.000000133. The summed E-state index contributed by atoms with van der Waals surface area (Å²) in [5, 5.41) is 0. The van der Waals surface area contributed by atoms with Crippen molar-refractivity contribution in [3.63, 3.8) is 0 Å². The number of para-hydroxylation sites is 8. The van der Waals surface area contributed by atoms with Gasteiger partial charge in [-0.05, 0) is 48.5 Å². The maximum atomic E-state index is 4.53. The van der Waals surface area contributed by atoms with Gasteiger partial charge in [-0.3, -0.25) is 0 Å². The molecule has 4 heterocycles. The molecule has 4 aromatic heterocycles. The van der Waals surface area contributed by atoms with E-state index in [1.54, 1.807) is 0 Å². The molecule has 0 aliphatic carbocycles. The number of hydrogen-bond acceptors (Lipinski definition) is 4. The first-order chi connectivity index (χ1) is 17.8. The number of imidazole rings is 4. The minimum absolute atomic E-state index is 0. The zero-order chi connectivity index (χ0) is 23.9. The molecular formula is C28H22N8O. The van der Waals surface area contributed by atoms with Crippen molar-refractivity contribution in [2.75, 3.05) is 0 Å². The van der Waals surface area contributed by atoms with Gasteiger partial charge in [-0.25, -0.2) is 19.9 Å². The highest BCUT2D eigenvalue weighted by molar-refractivity contribution is 5.83. The largest absolute Gasteiger partial charge is 0.412 e. The number of nitrogens with one attached hydrogen (secondary N) is 4. The Morgan fingerprint density at radius 2 is 0.541 bits per heavy atom. The molecule has 0 aliphatic heterocycles. The Kier molecular flexibility index (Phi) is 5.44. The number of fused-ring (bicyclic) bond motifs is 4. The Labute approximate surface area is 210 Å². The van der Waals surface area contributed by atoms with Crippen molar-refractivity contribution >= 4 is 44.1 Å². The number of H-pyrrole nitrogens is 4. The van der Waals surface area contributed by atoms with E-state index in [4.69, 9.17) is 0 Å². The van der Waals surface area contributed by atoms with Crippen LogP contribution in [0, 0.1) is 0 Å². The molecule has 6 N–H and O–H groups in total. The maximum absolute atomic E-state index is 4.53. The predicted octanol–water partition coefficient (Wildman–Crippen LogP) is 5.39. The average Bonchev–Trinajstić information content (AvgIpc) is 3.70. The van der Waals surface area contributed by atoms with Gasteiger partial charge in [0, 0.05) is 0 Å². The van der Waals surface area contributed by atoms with Crippen LogP contribution in [0.15, 0.2) is 97.1 Å². The van der Waals surface area contributed by atoms with Gasteiger partial charge in [0.2, 0.25) is 0 Å². The van der Waals surface area contributed by atoms with Crippen LogP contribution in [-0.2, 0) is 0 Å². The quantitative estimate of drug-likeness (QED) is 0.259. The highest BCUT2D eigenvalue weighted by Gasteiger charge is 2.10. The van der Waals surface area contributed by atoms with E-state index in [0.29, 0.717) is 0 Å². The van der Waals surface area contributed by atoms with Crippen LogP contribution in [0.4, 0.5) is 0 Å². The maximum Gasteiger partial charge on any atom is 0.174 e. The molecule has 0 radical (unpaired) electrons. The van der Waals surface area contributed by atoms with Crippen LogP contribution in [0.1, 0.15) is 0 Å². The van der Waals surface area contributed by atoms with E-state index in [9.17, 15) is 0 Å². The monoisotopic (exact) mass is 486 g/mol. The summed E-state index contributed by atoms with van der Waals surface area (Å²) in [5.41, 5.74) is 7.89. The van der Waals surface area contributed by atoms with Crippen LogP contribution < -0.4 is 0 Å². The summed E-state index contributed by atoms with van der Waals surface area (Å²) in [5.74, 6) is 3.08. The van der Waals surface area contributed by atoms with E-state index in [1.807, 2.05) is 97.1 Å². The third kappa shape index (κ3) is 4.09. The lowest BCUT2D eigenvalue weighted by atomic mass is 10.3. The minimum Gasteiger partial charge on any atom is -0.412 e. The molecule has 4 aromatic carbocycles. The zero-order valence-electron chi connectivity index (χ0n) is 19.5. The van der Waals surface area contributed by atoms with Gasteiger partial charge in [0.05, 0.1) is 44.1 Å². The Bertz CT molecular complexity index is 1560. The second-order valence-corrected chi connectivity index (χ2v) is 8.41. The van der Waals surface area contributed by atoms with Gasteiger partial charge < -0.3 is 25.4 Å². The normalized spacial score (nSPS) is 11.0. The summed E-state index contributed by atoms with van der Waals surface area (Å²) in [6.45, 7) is 0. The highest BCUT2D eigenvalue weighted by Crippen LogP contribution is 2.22. The Morgan fingerprint density at radius 1 is 0.324 bits per heavy atom. The first-order valence-electron chi connectivity index (χ1n) is 11.6. The molecule has 0 bridgehead atoms. The number of nitrogens with zero attached hydrogens (tertiary/aromatic N) is 4. The van der Waals surface area contributed by atoms with Gasteiger partial charge >= 0.3 is 0 Å². The average molecular weight is 487 g/mol. The molecule has 180 valence electrons. The van der Waals surface area contributed by atoms with Crippen LogP contribution in [0.3, 0.4) is 0 Å². The molecule has 8 rings (SSSR count). The number of rotatable bonds is 2. The van der Waals surface area contributed by atoms with Gasteiger partial charge in [-0.15, -0.1) is 0 Å². The Morgan fingerprint density at radius 3 is 0.757 bits per heavy atom. The summed E-state index contributed by atoms with van der Waals surface area (Å²) in [6.07, 6.45) is 0. The lowest BCUT2D eigenvalue weighted by molar-refractivity contribution is 0.824. The number of hydrogen-bond donors (Lipinski definition) is 4. The lowest BCUT2D eigenvalue weighted by Gasteiger charge is -1.86. The molecule has 0 aliphatic rings. The number of benzene rings is 4. The molecule has 0 amide bonds. The molecule has 37 heavy (non-hydrogen) atoms. The van der Waals surface area contributed by atoms with Crippen molar-refractivity contribution in [3.8, 4) is 23.3 Å². The SMILES string of the molecule is O.c1ccc2[nH]c(-c3nc4ccccc4[nH]3)nc2c1.c1ccc2[nH]c(-c3nc4ccccc4[nH]3)nc2c1. The fourth-order valence-corrected chi connectivity index (χ4v) is 4.26. The number of aromatic nitrogens is 8. The highest BCUT2D eigenvalue weighted by atomic mass is 16.0. The standard InChI is InChI=1S/2C14H10N4.H2O/c2*1-2-6-10-9(5-1)15-13(16-10)14-17-11-7-3-4-8-12(11)18-14;/h2*1-8H,(H,15,16)(H,17,18);1H2. The summed E-state index contributed by atoms with van der Waals surface area (Å²) in [4.78, 5) is 31.2. The molecule has 0 saturated heterocycles. The molecule has 8 aromatic rings. The summed E-state index contributed by atoms with van der Waals surface area (Å²) < 4.78 is 0. The molecule has 0 unspecified atom stereocenters. The topological polar surface area (TPSA) is 146 Å². The van der Waals surface area contributed by atoms with Gasteiger partial charge in [-0.2, -0.15) is 0 Å². The summed E-state index contributed by atoms with van der Waals surface area (Å²) in [7, 11) is 0. The van der Waals surface area contributed by atoms with Crippen molar-refractivity contribution in [1.82, 2.24) is 39.9 Å². The Hall–Kier alpha value is -5.28. The fraction of sp³-hybridized carbons (Fsp3) is 0. The minimum atomic E-state index is 0. The lowest BCUT2D eigenvalue weighted by Crippen LogP contribution is -1.81.